The molecular formula is C16H19NO3. The van der Waals surface area contributed by atoms with Gasteiger partial charge in [-0.2, -0.15) is 0 Å². The summed E-state index contributed by atoms with van der Waals surface area (Å²) in [6.45, 7) is 0.736. The number of hydrogen-bond acceptors (Lipinski definition) is 3. The molecule has 0 saturated carbocycles. The summed E-state index contributed by atoms with van der Waals surface area (Å²) in [5.41, 5.74) is 1.61. The molecule has 1 aliphatic heterocycles. The maximum absolute atomic E-state index is 12.0. The van der Waals surface area contributed by atoms with Crippen LogP contribution in [-0.4, -0.2) is 30.3 Å². The highest BCUT2D eigenvalue weighted by Crippen LogP contribution is 2.15. The van der Waals surface area contributed by atoms with E-state index in [1.54, 1.807) is 0 Å². The lowest BCUT2D eigenvalue weighted by molar-refractivity contribution is -0.129. The van der Waals surface area contributed by atoms with Crippen LogP contribution >= 0.6 is 0 Å². The van der Waals surface area contributed by atoms with Crippen LogP contribution in [0.5, 0.6) is 0 Å². The molecule has 2 N–H and O–H groups in total. The van der Waals surface area contributed by atoms with Gasteiger partial charge < -0.3 is 15.2 Å². The van der Waals surface area contributed by atoms with Crippen molar-refractivity contribution in [1.29, 1.82) is 0 Å². The van der Waals surface area contributed by atoms with Crippen molar-refractivity contribution in [2.45, 2.75) is 31.8 Å². The minimum absolute atomic E-state index is 0.0720. The van der Waals surface area contributed by atoms with Gasteiger partial charge in [0, 0.05) is 24.3 Å². The number of benzene rings is 1. The Morgan fingerprint density at radius 1 is 1.35 bits per heavy atom. The number of rotatable bonds is 3. The molecule has 1 aromatic rings. The summed E-state index contributed by atoms with van der Waals surface area (Å²) < 4.78 is 5.44. The number of aliphatic hydroxyl groups excluding tert-OH is 1. The minimum Gasteiger partial charge on any atom is -0.395 e. The SMILES string of the molecule is O=C(Nc1ccc(C#CCCO)cc1)C1CCCCO1. The molecule has 1 aromatic carbocycles. The zero-order chi connectivity index (χ0) is 14.2. The van der Waals surface area contributed by atoms with Crippen molar-refractivity contribution in [3.05, 3.63) is 29.8 Å². The van der Waals surface area contributed by atoms with Crippen molar-refractivity contribution in [1.82, 2.24) is 0 Å². The number of amides is 1. The Bertz CT molecular complexity index is 493. The Labute approximate surface area is 119 Å². The van der Waals surface area contributed by atoms with Gasteiger partial charge in [0.15, 0.2) is 0 Å². The molecule has 0 bridgehead atoms. The average Bonchev–Trinajstić information content (AvgIpc) is 2.50. The molecule has 4 nitrogen and oxygen atoms in total. The fourth-order valence-corrected chi connectivity index (χ4v) is 2.03. The normalized spacial score (nSPS) is 17.9. The Kier molecular flexibility index (Phi) is 5.60. The fourth-order valence-electron chi connectivity index (χ4n) is 2.03. The topological polar surface area (TPSA) is 58.6 Å². The number of nitrogens with one attached hydrogen (secondary N) is 1. The van der Waals surface area contributed by atoms with Gasteiger partial charge in [0.2, 0.25) is 0 Å². The number of aliphatic hydroxyl groups is 1. The van der Waals surface area contributed by atoms with Crippen molar-refractivity contribution < 1.29 is 14.6 Å². The Morgan fingerprint density at radius 2 is 2.15 bits per heavy atom. The van der Waals surface area contributed by atoms with Crippen LogP contribution in [0.4, 0.5) is 5.69 Å². The second-order valence-corrected chi connectivity index (χ2v) is 4.70. The van der Waals surface area contributed by atoms with Crippen molar-refractivity contribution in [2.75, 3.05) is 18.5 Å². The van der Waals surface area contributed by atoms with E-state index >= 15 is 0 Å². The van der Waals surface area contributed by atoms with Crippen LogP contribution in [0.3, 0.4) is 0 Å². The molecule has 1 atom stereocenters. The van der Waals surface area contributed by atoms with Crippen LogP contribution in [0.25, 0.3) is 0 Å². The molecule has 1 amide bonds. The summed E-state index contributed by atoms with van der Waals surface area (Å²) >= 11 is 0. The first-order valence-electron chi connectivity index (χ1n) is 6.92. The monoisotopic (exact) mass is 273 g/mol. The highest BCUT2D eigenvalue weighted by molar-refractivity contribution is 5.94. The van der Waals surface area contributed by atoms with Gasteiger partial charge in [0.25, 0.3) is 5.91 Å². The van der Waals surface area contributed by atoms with Crippen molar-refractivity contribution >= 4 is 11.6 Å². The number of carbonyl (C=O) groups excluding carboxylic acids is 1. The van der Waals surface area contributed by atoms with Gasteiger partial charge in [-0.25, -0.2) is 0 Å². The van der Waals surface area contributed by atoms with E-state index in [4.69, 9.17) is 9.84 Å². The Balaban J connectivity index is 1.90. The van der Waals surface area contributed by atoms with E-state index in [-0.39, 0.29) is 18.6 Å². The summed E-state index contributed by atoms with van der Waals surface area (Å²) in [4.78, 5) is 12.0. The lowest BCUT2D eigenvalue weighted by atomic mass is 10.1. The van der Waals surface area contributed by atoms with Gasteiger partial charge in [-0.05, 0) is 43.5 Å². The maximum Gasteiger partial charge on any atom is 0.253 e. The fraction of sp³-hybridized carbons (Fsp3) is 0.438. The molecular weight excluding hydrogens is 254 g/mol. The van der Waals surface area contributed by atoms with E-state index in [2.05, 4.69) is 17.2 Å². The van der Waals surface area contributed by atoms with Crippen molar-refractivity contribution in [3.8, 4) is 11.8 Å². The zero-order valence-electron chi connectivity index (χ0n) is 11.4. The highest BCUT2D eigenvalue weighted by atomic mass is 16.5. The van der Waals surface area contributed by atoms with Gasteiger partial charge >= 0.3 is 0 Å². The molecule has 2 rings (SSSR count). The van der Waals surface area contributed by atoms with Crippen LogP contribution in [0.2, 0.25) is 0 Å². The van der Waals surface area contributed by atoms with Crippen molar-refractivity contribution in [3.63, 3.8) is 0 Å². The molecule has 0 spiro atoms. The Hall–Kier alpha value is -1.83. The predicted octanol–water partition coefficient (Wildman–Crippen LogP) is 1.93. The summed E-state index contributed by atoms with van der Waals surface area (Å²) in [7, 11) is 0. The molecule has 1 saturated heterocycles. The number of hydrogen-bond donors (Lipinski definition) is 2. The lowest BCUT2D eigenvalue weighted by Crippen LogP contribution is -2.33. The van der Waals surface area contributed by atoms with E-state index in [1.807, 2.05) is 24.3 Å². The third-order valence-electron chi connectivity index (χ3n) is 3.09. The van der Waals surface area contributed by atoms with Gasteiger partial charge in [-0.3, -0.25) is 4.79 Å². The zero-order valence-corrected chi connectivity index (χ0v) is 11.4. The van der Waals surface area contributed by atoms with Crippen LogP contribution in [0.1, 0.15) is 31.2 Å². The molecule has 1 unspecified atom stereocenters. The lowest BCUT2D eigenvalue weighted by Gasteiger charge is -2.21. The molecule has 1 aliphatic rings. The minimum atomic E-state index is -0.326. The Morgan fingerprint density at radius 3 is 2.80 bits per heavy atom. The first-order chi connectivity index (χ1) is 9.79. The summed E-state index contributed by atoms with van der Waals surface area (Å²) in [6.07, 6.45) is 3.00. The van der Waals surface area contributed by atoms with Crippen LogP contribution in [0.15, 0.2) is 24.3 Å². The number of anilines is 1. The molecule has 106 valence electrons. The van der Waals surface area contributed by atoms with Gasteiger partial charge in [0.05, 0.1) is 6.61 Å². The number of carbonyl (C=O) groups is 1. The van der Waals surface area contributed by atoms with E-state index in [9.17, 15) is 4.79 Å². The van der Waals surface area contributed by atoms with Crippen LogP contribution in [0, 0.1) is 11.8 Å². The molecule has 1 heterocycles. The molecule has 1 fully saturated rings. The van der Waals surface area contributed by atoms with E-state index in [1.165, 1.54) is 0 Å². The molecule has 20 heavy (non-hydrogen) atoms. The second kappa shape index (κ2) is 7.68. The van der Waals surface area contributed by atoms with Gasteiger partial charge in [0.1, 0.15) is 6.10 Å². The first-order valence-corrected chi connectivity index (χ1v) is 6.92. The first kappa shape index (κ1) is 14.6. The summed E-state index contributed by atoms with van der Waals surface area (Å²) in [6, 6.07) is 7.34. The van der Waals surface area contributed by atoms with Crippen molar-refractivity contribution in [2.24, 2.45) is 0 Å². The van der Waals surface area contributed by atoms with E-state index < -0.39 is 0 Å². The molecule has 0 aromatic heterocycles. The third-order valence-corrected chi connectivity index (χ3v) is 3.09. The largest absolute Gasteiger partial charge is 0.395 e. The third kappa shape index (κ3) is 4.37. The predicted molar refractivity (Wildman–Crippen MR) is 77.2 cm³/mol. The molecule has 0 aliphatic carbocycles. The summed E-state index contributed by atoms with van der Waals surface area (Å²) in [5.74, 6) is 5.72. The quantitative estimate of drug-likeness (QED) is 0.827. The van der Waals surface area contributed by atoms with Gasteiger partial charge in [-0.15, -0.1) is 0 Å². The van der Waals surface area contributed by atoms with Gasteiger partial charge in [-0.1, -0.05) is 11.8 Å². The van der Waals surface area contributed by atoms with E-state index in [0.29, 0.717) is 13.0 Å². The van der Waals surface area contributed by atoms with Crippen LogP contribution in [-0.2, 0) is 9.53 Å². The summed E-state index contributed by atoms with van der Waals surface area (Å²) in [5, 5.41) is 11.5. The van der Waals surface area contributed by atoms with Crippen LogP contribution < -0.4 is 5.32 Å². The maximum atomic E-state index is 12.0. The van der Waals surface area contributed by atoms with E-state index in [0.717, 1.165) is 30.5 Å². The average molecular weight is 273 g/mol. The smallest absolute Gasteiger partial charge is 0.253 e. The number of ether oxygens (including phenoxy) is 1. The second-order valence-electron chi connectivity index (χ2n) is 4.70. The standard InChI is InChI=1S/C16H19NO3/c18-11-3-1-5-13-7-9-14(10-8-13)17-16(19)15-6-2-4-12-20-15/h7-10,15,18H,2-4,6,11-12H2,(H,17,19). The molecule has 0 radical (unpaired) electrons. The molecule has 4 heteroatoms. The highest BCUT2D eigenvalue weighted by Gasteiger charge is 2.21.